The molecule has 8 heteroatoms. The van der Waals surface area contributed by atoms with Crippen LogP contribution in [0.5, 0.6) is 0 Å². The summed E-state index contributed by atoms with van der Waals surface area (Å²) in [5.41, 5.74) is 0.873. The van der Waals surface area contributed by atoms with Gasteiger partial charge < -0.3 is 5.11 Å². The average Bonchev–Trinajstić information content (AvgIpc) is 2.80. The lowest BCUT2D eigenvalue weighted by atomic mass is 10.1. The standard InChI is InChI=1S/C11H10BrIN4O2/c1-6(11(18)19)5-17-10(14-15-16-17)8-4-7(12)2-3-9(8)13/h2-4,6H,5H2,1H3,(H,18,19). The molecule has 1 unspecified atom stereocenters. The molecule has 1 atom stereocenters. The van der Waals surface area contributed by atoms with E-state index in [4.69, 9.17) is 5.11 Å². The van der Waals surface area contributed by atoms with Gasteiger partial charge in [0.05, 0.1) is 12.5 Å². The Labute approximate surface area is 131 Å². The molecular weight excluding hydrogens is 427 g/mol. The van der Waals surface area contributed by atoms with Gasteiger partial charge in [0.15, 0.2) is 5.82 Å². The predicted octanol–water partition coefficient (Wildman–Crippen LogP) is 2.43. The summed E-state index contributed by atoms with van der Waals surface area (Å²) < 4.78 is 3.44. The van der Waals surface area contributed by atoms with E-state index < -0.39 is 11.9 Å². The number of aliphatic carboxylic acids is 1. The Morgan fingerprint density at radius 1 is 1.58 bits per heavy atom. The third-order valence-electron chi connectivity index (χ3n) is 2.57. The first-order valence-electron chi connectivity index (χ1n) is 5.43. The molecule has 0 radical (unpaired) electrons. The largest absolute Gasteiger partial charge is 0.481 e. The Kier molecular flexibility index (Phi) is 4.50. The Morgan fingerprint density at radius 3 is 3.00 bits per heavy atom. The number of hydrogen-bond acceptors (Lipinski definition) is 4. The molecule has 0 fully saturated rings. The number of carbonyl (C=O) groups is 1. The minimum Gasteiger partial charge on any atom is -0.481 e. The first-order valence-corrected chi connectivity index (χ1v) is 7.30. The molecule has 0 aliphatic carbocycles. The highest BCUT2D eigenvalue weighted by atomic mass is 127. The van der Waals surface area contributed by atoms with Crippen LogP contribution in [0.4, 0.5) is 0 Å². The summed E-state index contributed by atoms with van der Waals surface area (Å²) in [6, 6.07) is 5.79. The summed E-state index contributed by atoms with van der Waals surface area (Å²) in [5.74, 6) is -0.851. The molecule has 1 aromatic heterocycles. The van der Waals surface area contributed by atoms with Crippen molar-refractivity contribution in [3.63, 3.8) is 0 Å². The highest BCUT2D eigenvalue weighted by Crippen LogP contribution is 2.26. The van der Waals surface area contributed by atoms with Crippen LogP contribution in [0.15, 0.2) is 22.7 Å². The number of aromatic nitrogens is 4. The van der Waals surface area contributed by atoms with Gasteiger partial charge in [-0.2, -0.15) is 0 Å². The molecule has 0 spiro atoms. The maximum absolute atomic E-state index is 10.9. The van der Waals surface area contributed by atoms with E-state index >= 15 is 0 Å². The smallest absolute Gasteiger partial charge is 0.308 e. The summed E-state index contributed by atoms with van der Waals surface area (Å²) in [4.78, 5) is 10.9. The van der Waals surface area contributed by atoms with Gasteiger partial charge in [-0.25, -0.2) is 4.68 Å². The molecule has 0 aliphatic heterocycles. The molecule has 2 aromatic rings. The third-order valence-corrected chi connectivity index (χ3v) is 4.00. The highest BCUT2D eigenvalue weighted by molar-refractivity contribution is 14.1. The van der Waals surface area contributed by atoms with E-state index in [-0.39, 0.29) is 6.54 Å². The van der Waals surface area contributed by atoms with Crippen molar-refractivity contribution in [2.45, 2.75) is 13.5 Å². The lowest BCUT2D eigenvalue weighted by molar-refractivity contribution is -0.141. The Bertz CT molecular complexity index is 616. The van der Waals surface area contributed by atoms with Crippen LogP contribution in [0.25, 0.3) is 11.4 Å². The summed E-state index contributed by atoms with van der Waals surface area (Å²) in [6.07, 6.45) is 0. The van der Waals surface area contributed by atoms with Crippen LogP contribution < -0.4 is 0 Å². The van der Waals surface area contributed by atoms with Crippen molar-refractivity contribution in [3.8, 4) is 11.4 Å². The molecule has 19 heavy (non-hydrogen) atoms. The molecule has 1 heterocycles. The molecule has 0 aliphatic rings. The van der Waals surface area contributed by atoms with Gasteiger partial charge in [-0.15, -0.1) is 5.10 Å². The van der Waals surface area contributed by atoms with Gasteiger partial charge in [0.25, 0.3) is 0 Å². The van der Waals surface area contributed by atoms with E-state index in [0.29, 0.717) is 5.82 Å². The normalized spacial score (nSPS) is 12.4. The van der Waals surface area contributed by atoms with Crippen molar-refractivity contribution < 1.29 is 9.90 Å². The molecule has 2 rings (SSSR count). The van der Waals surface area contributed by atoms with Gasteiger partial charge in [0, 0.05) is 13.6 Å². The van der Waals surface area contributed by atoms with Crippen molar-refractivity contribution in [2.24, 2.45) is 5.92 Å². The fraction of sp³-hybridized carbons (Fsp3) is 0.273. The molecule has 0 saturated heterocycles. The van der Waals surface area contributed by atoms with Crippen LogP contribution in [-0.2, 0) is 11.3 Å². The van der Waals surface area contributed by atoms with Gasteiger partial charge in [-0.3, -0.25) is 4.79 Å². The fourth-order valence-electron chi connectivity index (χ4n) is 1.53. The van der Waals surface area contributed by atoms with Crippen LogP contribution >= 0.6 is 38.5 Å². The van der Waals surface area contributed by atoms with Gasteiger partial charge in [-0.1, -0.05) is 22.9 Å². The van der Waals surface area contributed by atoms with E-state index in [2.05, 4.69) is 54.0 Å². The average molecular weight is 437 g/mol. The van der Waals surface area contributed by atoms with E-state index in [1.165, 1.54) is 4.68 Å². The Morgan fingerprint density at radius 2 is 2.32 bits per heavy atom. The quantitative estimate of drug-likeness (QED) is 0.744. The summed E-state index contributed by atoms with van der Waals surface area (Å²) in [6.45, 7) is 1.86. The molecule has 0 amide bonds. The zero-order valence-corrected chi connectivity index (χ0v) is 13.7. The number of carboxylic acid groups (broad SMARTS) is 1. The number of halogens is 2. The van der Waals surface area contributed by atoms with Gasteiger partial charge >= 0.3 is 5.97 Å². The van der Waals surface area contributed by atoms with Crippen molar-refractivity contribution in [1.29, 1.82) is 0 Å². The zero-order chi connectivity index (χ0) is 14.0. The van der Waals surface area contributed by atoms with Crippen molar-refractivity contribution in [1.82, 2.24) is 20.2 Å². The maximum atomic E-state index is 10.9. The van der Waals surface area contributed by atoms with E-state index in [1.54, 1.807) is 6.92 Å². The lowest BCUT2D eigenvalue weighted by Gasteiger charge is -2.09. The first kappa shape index (κ1) is 14.4. The zero-order valence-electron chi connectivity index (χ0n) is 9.92. The number of hydrogen-bond donors (Lipinski definition) is 1. The van der Waals surface area contributed by atoms with E-state index in [0.717, 1.165) is 13.6 Å². The van der Waals surface area contributed by atoms with Crippen LogP contribution in [0.2, 0.25) is 0 Å². The molecule has 0 bridgehead atoms. The number of benzene rings is 1. The number of rotatable bonds is 4. The second kappa shape index (κ2) is 5.95. The van der Waals surface area contributed by atoms with Crippen LogP contribution in [0, 0.1) is 9.49 Å². The van der Waals surface area contributed by atoms with Crippen LogP contribution in [0.3, 0.4) is 0 Å². The summed E-state index contributed by atoms with van der Waals surface area (Å²) in [7, 11) is 0. The van der Waals surface area contributed by atoms with Crippen molar-refractivity contribution in [3.05, 3.63) is 26.2 Å². The second-order valence-corrected chi connectivity index (χ2v) is 6.13. The van der Waals surface area contributed by atoms with Crippen LogP contribution in [-0.4, -0.2) is 31.3 Å². The van der Waals surface area contributed by atoms with Gasteiger partial charge in [0.2, 0.25) is 0 Å². The van der Waals surface area contributed by atoms with Gasteiger partial charge in [0.1, 0.15) is 0 Å². The molecule has 6 nitrogen and oxygen atoms in total. The number of tetrazole rings is 1. The molecular formula is C11H10BrIN4O2. The molecule has 0 saturated carbocycles. The Balaban J connectivity index is 2.39. The van der Waals surface area contributed by atoms with Gasteiger partial charge in [-0.05, 0) is 51.2 Å². The summed E-state index contributed by atoms with van der Waals surface area (Å²) in [5, 5.41) is 20.4. The number of carboxylic acids is 1. The van der Waals surface area contributed by atoms with E-state index in [1.807, 2.05) is 18.2 Å². The van der Waals surface area contributed by atoms with E-state index in [9.17, 15) is 4.79 Å². The minimum absolute atomic E-state index is 0.236. The fourth-order valence-corrected chi connectivity index (χ4v) is 2.46. The lowest BCUT2D eigenvalue weighted by Crippen LogP contribution is -2.18. The SMILES string of the molecule is CC(Cn1nnnc1-c1cc(Br)ccc1I)C(=O)O. The van der Waals surface area contributed by atoms with Crippen molar-refractivity contribution in [2.75, 3.05) is 0 Å². The minimum atomic E-state index is -0.870. The van der Waals surface area contributed by atoms with Crippen LogP contribution in [0.1, 0.15) is 6.92 Å². The maximum Gasteiger partial charge on any atom is 0.308 e. The van der Waals surface area contributed by atoms with Crippen molar-refractivity contribution >= 4 is 44.5 Å². The monoisotopic (exact) mass is 436 g/mol. The Hall–Kier alpha value is -1.03. The second-order valence-electron chi connectivity index (χ2n) is 4.05. The topological polar surface area (TPSA) is 80.9 Å². The molecule has 1 aromatic carbocycles. The number of nitrogens with zero attached hydrogens (tertiary/aromatic N) is 4. The summed E-state index contributed by atoms with van der Waals surface area (Å²) >= 11 is 5.60. The first-order chi connectivity index (χ1) is 8.99. The molecule has 1 N–H and O–H groups in total. The highest BCUT2D eigenvalue weighted by Gasteiger charge is 2.18. The molecule has 100 valence electrons. The predicted molar refractivity (Wildman–Crippen MR) is 80.5 cm³/mol. The third kappa shape index (κ3) is 3.30.